The fraction of sp³-hybridized carbons (Fsp3) is 0.267. The van der Waals surface area contributed by atoms with Crippen molar-refractivity contribution in [3.8, 4) is 0 Å². The Morgan fingerprint density at radius 3 is 2.95 bits per heavy atom. The zero-order chi connectivity index (χ0) is 15.4. The number of rotatable bonds is 6. The molecule has 1 aromatic carbocycles. The highest BCUT2D eigenvalue weighted by atomic mass is 79.9. The Bertz CT molecular complexity index is 682. The second-order valence-electron chi connectivity index (χ2n) is 4.72. The number of carbonyl (C=O) groups is 1. The zero-order valence-corrected chi connectivity index (χ0v) is 14.1. The van der Waals surface area contributed by atoms with Crippen molar-refractivity contribution in [2.45, 2.75) is 6.92 Å². The molecule has 112 valence electrons. The van der Waals surface area contributed by atoms with Crippen LogP contribution in [0, 0.1) is 0 Å². The number of thiophene rings is 1. The number of anilines is 1. The van der Waals surface area contributed by atoms with Crippen LogP contribution in [0.2, 0.25) is 0 Å². The third-order valence-corrected chi connectivity index (χ3v) is 4.62. The maximum atomic E-state index is 12.2. The van der Waals surface area contributed by atoms with Crippen LogP contribution in [0.3, 0.4) is 0 Å². The number of amides is 1. The Morgan fingerprint density at radius 2 is 2.29 bits per heavy atom. The number of fused-ring (bicyclic) bond motifs is 1. The van der Waals surface area contributed by atoms with E-state index in [1.807, 2.05) is 25.1 Å². The first-order valence-electron chi connectivity index (χ1n) is 6.47. The van der Waals surface area contributed by atoms with Gasteiger partial charge in [-0.05, 0) is 19.1 Å². The molecule has 0 fully saturated rings. The van der Waals surface area contributed by atoms with E-state index in [0.717, 1.165) is 20.1 Å². The molecule has 21 heavy (non-hydrogen) atoms. The van der Waals surface area contributed by atoms with Gasteiger partial charge in [0.25, 0.3) is 5.91 Å². The van der Waals surface area contributed by atoms with Crippen molar-refractivity contribution in [3.05, 3.63) is 39.7 Å². The summed E-state index contributed by atoms with van der Waals surface area (Å²) in [4.78, 5) is 12.7. The van der Waals surface area contributed by atoms with Gasteiger partial charge < -0.3 is 15.8 Å². The van der Waals surface area contributed by atoms with Crippen LogP contribution in [0.1, 0.15) is 16.6 Å². The summed E-state index contributed by atoms with van der Waals surface area (Å²) in [6.07, 6.45) is 0. The quantitative estimate of drug-likeness (QED) is 0.604. The predicted molar refractivity (Wildman–Crippen MR) is 91.9 cm³/mol. The summed E-state index contributed by atoms with van der Waals surface area (Å²) in [5, 5.41) is 3.71. The summed E-state index contributed by atoms with van der Waals surface area (Å²) in [7, 11) is 0. The molecule has 0 atom stereocenters. The molecule has 6 heteroatoms. The largest absolute Gasteiger partial charge is 0.397 e. The molecule has 0 aliphatic heterocycles. The van der Waals surface area contributed by atoms with Crippen LogP contribution in [0.4, 0.5) is 5.69 Å². The Kier molecular flexibility index (Phi) is 5.39. The Balaban J connectivity index is 2.01. The molecule has 2 aromatic rings. The summed E-state index contributed by atoms with van der Waals surface area (Å²) >= 11 is 4.86. The molecule has 0 radical (unpaired) electrons. The van der Waals surface area contributed by atoms with E-state index in [9.17, 15) is 4.79 Å². The summed E-state index contributed by atoms with van der Waals surface area (Å²) in [5.41, 5.74) is 7.56. The topological polar surface area (TPSA) is 64.3 Å². The van der Waals surface area contributed by atoms with Gasteiger partial charge in [0.05, 0.1) is 18.9 Å². The van der Waals surface area contributed by atoms with Crippen LogP contribution in [0.15, 0.2) is 34.8 Å². The Morgan fingerprint density at radius 1 is 1.52 bits per heavy atom. The molecule has 1 amide bonds. The van der Waals surface area contributed by atoms with E-state index in [0.29, 0.717) is 30.3 Å². The lowest BCUT2D eigenvalue weighted by Crippen LogP contribution is -2.27. The average Bonchev–Trinajstić information content (AvgIpc) is 2.76. The van der Waals surface area contributed by atoms with Crippen molar-refractivity contribution in [3.63, 3.8) is 0 Å². The van der Waals surface area contributed by atoms with Gasteiger partial charge in [0.1, 0.15) is 4.88 Å². The number of hydrogen-bond acceptors (Lipinski definition) is 4. The van der Waals surface area contributed by atoms with Gasteiger partial charge in [-0.15, -0.1) is 11.3 Å². The molecule has 0 unspecified atom stereocenters. The molecular weight excluding hydrogens is 352 g/mol. The summed E-state index contributed by atoms with van der Waals surface area (Å²) < 4.78 is 7.23. The van der Waals surface area contributed by atoms with E-state index >= 15 is 0 Å². The van der Waals surface area contributed by atoms with Crippen LogP contribution < -0.4 is 11.1 Å². The molecule has 1 heterocycles. The van der Waals surface area contributed by atoms with Crippen LogP contribution in [-0.4, -0.2) is 25.7 Å². The van der Waals surface area contributed by atoms with E-state index < -0.39 is 0 Å². The molecule has 0 aliphatic carbocycles. The van der Waals surface area contributed by atoms with Crippen molar-refractivity contribution >= 4 is 48.9 Å². The highest BCUT2D eigenvalue weighted by Gasteiger charge is 2.17. The predicted octanol–water partition coefficient (Wildman–Crippen LogP) is 3.57. The van der Waals surface area contributed by atoms with Crippen molar-refractivity contribution in [1.82, 2.24) is 5.32 Å². The maximum Gasteiger partial charge on any atom is 0.263 e. The van der Waals surface area contributed by atoms with E-state index in [4.69, 9.17) is 10.5 Å². The Hall–Kier alpha value is -1.37. The van der Waals surface area contributed by atoms with E-state index in [-0.39, 0.29) is 5.91 Å². The number of hydrogen-bond donors (Lipinski definition) is 2. The van der Waals surface area contributed by atoms with Gasteiger partial charge in [-0.25, -0.2) is 0 Å². The normalized spacial score (nSPS) is 10.8. The first-order valence-corrected chi connectivity index (χ1v) is 8.08. The van der Waals surface area contributed by atoms with Crippen molar-refractivity contribution in [1.29, 1.82) is 0 Å². The minimum Gasteiger partial charge on any atom is -0.397 e. The molecule has 3 N–H and O–H groups in total. The highest BCUT2D eigenvalue weighted by Crippen LogP contribution is 2.37. The lowest BCUT2D eigenvalue weighted by Gasteiger charge is -2.05. The number of nitrogens with one attached hydrogen (secondary N) is 1. The second kappa shape index (κ2) is 7.06. The van der Waals surface area contributed by atoms with Gasteiger partial charge in [-0.1, -0.05) is 34.1 Å². The summed E-state index contributed by atoms with van der Waals surface area (Å²) in [5.74, 6) is -0.167. The molecule has 2 rings (SSSR count). The summed E-state index contributed by atoms with van der Waals surface area (Å²) in [6.45, 7) is 7.05. The van der Waals surface area contributed by atoms with Crippen molar-refractivity contribution < 1.29 is 9.53 Å². The number of nitrogens with two attached hydrogens (primary N) is 1. The molecule has 0 saturated heterocycles. The van der Waals surface area contributed by atoms with Crippen LogP contribution in [0.5, 0.6) is 0 Å². The smallest absolute Gasteiger partial charge is 0.263 e. The van der Waals surface area contributed by atoms with Gasteiger partial charge in [0, 0.05) is 21.1 Å². The Labute approximate surface area is 136 Å². The van der Waals surface area contributed by atoms with Crippen LogP contribution in [-0.2, 0) is 4.74 Å². The third kappa shape index (κ3) is 3.84. The zero-order valence-electron chi connectivity index (χ0n) is 11.7. The number of nitrogen functional groups attached to an aromatic ring is 1. The average molecular weight is 369 g/mol. The van der Waals surface area contributed by atoms with Crippen LogP contribution >= 0.6 is 27.3 Å². The number of halogens is 1. The monoisotopic (exact) mass is 368 g/mol. The van der Waals surface area contributed by atoms with Gasteiger partial charge in [-0.3, -0.25) is 4.79 Å². The summed E-state index contributed by atoms with van der Waals surface area (Å²) in [6, 6.07) is 5.79. The lowest BCUT2D eigenvalue weighted by atomic mass is 10.2. The fourth-order valence-corrected chi connectivity index (χ4v) is 3.64. The highest BCUT2D eigenvalue weighted by molar-refractivity contribution is 9.10. The molecule has 0 aliphatic rings. The molecule has 1 aromatic heterocycles. The van der Waals surface area contributed by atoms with Crippen molar-refractivity contribution in [2.24, 2.45) is 0 Å². The molecular formula is C15H17BrN2O2S. The fourth-order valence-electron chi connectivity index (χ4n) is 1.86. The molecule has 0 spiro atoms. The van der Waals surface area contributed by atoms with Crippen molar-refractivity contribution in [2.75, 3.05) is 25.5 Å². The maximum absolute atomic E-state index is 12.2. The molecule has 0 saturated carbocycles. The second-order valence-corrected chi connectivity index (χ2v) is 6.63. The third-order valence-electron chi connectivity index (χ3n) is 2.79. The van der Waals surface area contributed by atoms with Crippen LogP contribution in [0.25, 0.3) is 10.1 Å². The lowest BCUT2D eigenvalue weighted by molar-refractivity contribution is 0.0931. The standard InChI is InChI=1S/C15H17BrN2O2S/c1-9(2)8-20-7-6-18-15(19)14-13(17)12-10(16)4-3-5-11(12)21-14/h3-5H,1,6-8,17H2,2H3,(H,18,19). The minimum atomic E-state index is -0.167. The number of benzene rings is 1. The minimum absolute atomic E-state index is 0.167. The van der Waals surface area contributed by atoms with E-state index in [1.165, 1.54) is 11.3 Å². The number of carbonyl (C=O) groups excluding carboxylic acids is 1. The first-order chi connectivity index (χ1) is 10.0. The first kappa shape index (κ1) is 16.0. The van der Waals surface area contributed by atoms with Gasteiger partial charge in [-0.2, -0.15) is 0 Å². The SMILES string of the molecule is C=C(C)COCCNC(=O)c1sc2cccc(Br)c2c1N. The van der Waals surface area contributed by atoms with E-state index in [2.05, 4.69) is 27.8 Å². The van der Waals surface area contributed by atoms with E-state index in [1.54, 1.807) is 0 Å². The van der Waals surface area contributed by atoms with Gasteiger partial charge in [0.15, 0.2) is 0 Å². The molecule has 0 bridgehead atoms. The number of ether oxygens (including phenoxy) is 1. The van der Waals surface area contributed by atoms with Gasteiger partial charge >= 0.3 is 0 Å². The van der Waals surface area contributed by atoms with Gasteiger partial charge in [0.2, 0.25) is 0 Å². The molecule has 4 nitrogen and oxygen atoms in total.